The van der Waals surface area contributed by atoms with E-state index in [-0.39, 0.29) is 107 Å². The van der Waals surface area contributed by atoms with Gasteiger partial charge < -0.3 is 115 Å². The predicted molar refractivity (Wildman–Crippen MR) is 530 cm³/mol. The number of aromatic amines is 1. The van der Waals surface area contributed by atoms with Gasteiger partial charge in [-0.2, -0.15) is 0 Å². The molecule has 0 spiro atoms. The Morgan fingerprint density at radius 3 is 0.878 bits per heavy atom. The number of benzene rings is 7. The van der Waals surface area contributed by atoms with Gasteiger partial charge in [0.25, 0.3) is 0 Å². The third-order valence-electron chi connectivity index (χ3n) is 27.0. The van der Waals surface area contributed by atoms with Gasteiger partial charge in [0.05, 0.1) is 6.04 Å². The van der Waals surface area contributed by atoms with E-state index in [1.54, 1.807) is 27.7 Å². The number of H-pyrrole nitrogens is 1. The van der Waals surface area contributed by atoms with Gasteiger partial charge >= 0.3 is 99.9 Å². The van der Waals surface area contributed by atoms with E-state index >= 15 is 0 Å². The molecule has 8 aromatic rings. The van der Waals surface area contributed by atoms with Gasteiger partial charge in [-0.1, -0.05) is 91.0 Å². The number of urea groups is 4. The van der Waals surface area contributed by atoms with Gasteiger partial charge in [0, 0.05) is 140 Å². The molecule has 148 heavy (non-hydrogen) atoms. The number of phenols is 6. The van der Waals surface area contributed by atoms with Crippen molar-refractivity contribution < 1.29 is 146 Å². The summed E-state index contributed by atoms with van der Waals surface area (Å²) < 4.78 is 22.7. The second-order valence-electron chi connectivity index (χ2n) is 36.9. The Bertz CT molecular complexity index is 6360. The van der Waals surface area contributed by atoms with Crippen LogP contribution < -0.4 is 45.4 Å². The second kappa shape index (κ2) is 47.8. The Labute approximate surface area is 849 Å². The number of ketones is 4. The Morgan fingerprint density at radius 1 is 0.331 bits per heavy atom. The van der Waals surface area contributed by atoms with Crippen molar-refractivity contribution >= 4 is 123 Å². The summed E-state index contributed by atoms with van der Waals surface area (Å²) in [6.07, 6.45) is 2.06. The lowest BCUT2D eigenvalue weighted by Crippen LogP contribution is -2.60. The van der Waals surface area contributed by atoms with Crippen molar-refractivity contribution in [3.63, 3.8) is 0 Å². The SMILES string of the molecule is CCN1CCN(C(=O)NC(C(=O)C[C@H]2Cc3cccc(C)c3OB2O)c2ccc(=O)[nH]c2)C(=O)C1=O.CCN1CCN(C(=O)N[C@@H](C(=O)C[C@H]2Cc3cccc(C)c3OB2O)c2ccc(O)c(O)c2)C(=O)C1=O.CCN1CCN(C(=O)N[C@H](C(=O)C[C@H]2Cc3cccc(C)c3OB2O)c2ccc(O)c(O)c2)C(=O)C1=O.CCN1CCN(C(=O)N[C@H](Cc2ccc(O)c(O)c2)C(=O)C[C@H]2Cc3cccc(C)c3OB2O)C(=O)C1=O. The maximum absolute atomic E-state index is 13.5. The minimum atomic E-state index is -1.34. The topological polar surface area (TPSA) is 619 Å². The molecular weight excluding hydrogens is 1920 g/mol. The number of aromatic nitrogens is 1. The zero-order valence-corrected chi connectivity index (χ0v) is 82.3. The van der Waals surface area contributed by atoms with Crippen LogP contribution in [0.2, 0.25) is 23.3 Å². The molecule has 7 aromatic carbocycles. The Kier molecular flexibility index (Phi) is 35.3. The summed E-state index contributed by atoms with van der Waals surface area (Å²) in [5, 5.41) is 111. The van der Waals surface area contributed by atoms with Crippen molar-refractivity contribution in [3.8, 4) is 57.5 Å². The molecule has 0 saturated carbocycles. The first-order valence-electron chi connectivity index (χ1n) is 48.2. The van der Waals surface area contributed by atoms with Crippen LogP contribution in [0.1, 0.15) is 138 Å². The molecule has 1 aromatic heterocycles. The number of phenolic OH excluding ortho intramolecular Hbond substituents is 6. The largest absolute Gasteiger partial charge is 0.536 e. The lowest BCUT2D eigenvalue weighted by Gasteiger charge is -2.33. The molecule has 8 aliphatic heterocycles. The summed E-state index contributed by atoms with van der Waals surface area (Å²) >= 11 is 0. The van der Waals surface area contributed by atoms with Crippen LogP contribution in [0.3, 0.4) is 0 Å². The first-order valence-corrected chi connectivity index (χ1v) is 48.2. The number of aromatic hydroxyl groups is 6. The van der Waals surface area contributed by atoms with Crippen LogP contribution in [0.4, 0.5) is 19.2 Å². The minimum absolute atomic E-state index is 0.0118. The van der Waals surface area contributed by atoms with Crippen LogP contribution in [0, 0.1) is 27.7 Å². The highest BCUT2D eigenvalue weighted by molar-refractivity contribution is 6.49. The average molecular weight is 2040 g/mol. The van der Waals surface area contributed by atoms with Gasteiger partial charge in [-0.3, -0.25) is 81.9 Å². The van der Waals surface area contributed by atoms with Crippen molar-refractivity contribution in [3.05, 3.63) is 223 Å². The molecular formula is C100H113B4N13O31. The number of amides is 16. The highest BCUT2D eigenvalue weighted by Crippen LogP contribution is 2.43. The molecule has 44 nitrogen and oxygen atoms in total. The molecule has 4 saturated heterocycles. The monoisotopic (exact) mass is 2040 g/mol. The summed E-state index contributed by atoms with van der Waals surface area (Å²) in [6.45, 7) is 16.2. The molecule has 4 fully saturated rings. The number of para-hydroxylation sites is 4. The lowest BCUT2D eigenvalue weighted by molar-refractivity contribution is -0.153. The van der Waals surface area contributed by atoms with Crippen LogP contribution in [0.25, 0.3) is 0 Å². The fraction of sp³-hybridized carbons (Fsp3) is 0.370. The van der Waals surface area contributed by atoms with Crippen LogP contribution in [-0.4, -0.2) is 302 Å². The van der Waals surface area contributed by atoms with Gasteiger partial charge in [0.1, 0.15) is 41.1 Å². The van der Waals surface area contributed by atoms with Crippen molar-refractivity contribution in [2.24, 2.45) is 0 Å². The fourth-order valence-corrected chi connectivity index (χ4v) is 18.6. The van der Waals surface area contributed by atoms with E-state index in [0.29, 0.717) is 86.0 Å². The van der Waals surface area contributed by atoms with Crippen molar-refractivity contribution in [1.29, 1.82) is 0 Å². The molecule has 8 aliphatic rings. The van der Waals surface area contributed by atoms with E-state index in [1.807, 2.05) is 100 Å². The Morgan fingerprint density at radius 2 is 0.601 bits per heavy atom. The zero-order chi connectivity index (χ0) is 107. The predicted octanol–water partition coefficient (Wildman–Crippen LogP) is 4.32. The number of imide groups is 4. The van der Waals surface area contributed by atoms with Crippen molar-refractivity contribution in [1.82, 2.24) is 65.5 Å². The summed E-state index contributed by atoms with van der Waals surface area (Å²) in [7, 11) is -4.98. The van der Waals surface area contributed by atoms with Gasteiger partial charge in [-0.05, 0) is 197 Å². The Balaban J connectivity index is 0.000000165. The highest BCUT2D eigenvalue weighted by Gasteiger charge is 2.48. The van der Waals surface area contributed by atoms with E-state index in [1.165, 1.54) is 80.4 Å². The molecule has 776 valence electrons. The van der Waals surface area contributed by atoms with Gasteiger partial charge in [0.15, 0.2) is 57.6 Å². The van der Waals surface area contributed by atoms with E-state index in [0.717, 1.165) is 76.2 Å². The molecule has 0 bridgehead atoms. The maximum Gasteiger partial charge on any atom is 0.526 e. The molecule has 1 unspecified atom stereocenters. The number of Topliss-reactive ketones (excluding diaryl/α,β-unsaturated/α-hetero) is 4. The number of likely N-dealkylation sites (N-methyl/N-ethyl adjacent to an activating group) is 4. The second-order valence-corrected chi connectivity index (χ2v) is 36.9. The first kappa shape index (κ1) is 109. The normalized spacial score (nSPS) is 18.2. The quantitative estimate of drug-likeness (QED) is 0.0215. The van der Waals surface area contributed by atoms with Crippen LogP contribution in [0.15, 0.2) is 151 Å². The molecule has 16 amide bonds. The number of carbonyl (C=O) groups is 16. The van der Waals surface area contributed by atoms with E-state index < -0.39 is 199 Å². The standard InChI is InChI=1S/C26H30BN3O8.2C25H28BN3O8.C24H27BN4O7/c1-3-29-9-10-30(25(35)24(29)34)26(36)28-19(11-16-7-8-20(31)22(33)12-16)21(32)14-18-13-17-6-4-5-15(2)23(17)38-27(18)37;2*1-3-28-9-10-29(24(34)23(28)33)25(35)27-21(15-7-8-18(30)19(31)12-15)20(32)13-17-11-16-6-4-5-14(2)22(16)37-26(17)36;1-3-28-9-10-29(23(33)22(28)32)24(34)27-20(16-7-8-19(31)26-13-16)18(30)12-17-11-15-6-4-5-14(2)21(15)36-25(17)35/h4-8,12,18-19,31,33,37H,3,9-11,13-14H2,1-2H3,(H,28,36);2*4-8,12,17,21,30-31,36H,3,9-11,13H2,1-2H3,(H,27,35);4-8,13,17,20,35H,3,9-12H2,1-2H3,(H,26,31)(H,27,34)/t18-,19-;17-,21+;17-,21-;17-,20?/m1111/s1. The van der Waals surface area contributed by atoms with Crippen LogP contribution in [-0.2, 0) is 89.6 Å². The number of nitrogens with zero attached hydrogens (tertiary/aromatic N) is 8. The molecule has 16 rings (SSSR count). The number of rotatable bonds is 25. The molecule has 15 N–H and O–H groups in total. The molecule has 9 heterocycles. The highest BCUT2D eigenvalue weighted by atomic mass is 16.5. The molecule has 0 aliphatic carbocycles. The molecule has 48 heteroatoms. The molecule has 8 atom stereocenters. The number of aryl methyl sites for hydroxylation is 4. The van der Waals surface area contributed by atoms with E-state index in [2.05, 4.69) is 26.3 Å². The van der Waals surface area contributed by atoms with E-state index in [4.69, 9.17) is 18.6 Å². The van der Waals surface area contributed by atoms with Crippen molar-refractivity contribution in [2.75, 3.05) is 78.5 Å². The number of nitrogens with one attached hydrogen (secondary N) is 5. The zero-order valence-electron chi connectivity index (χ0n) is 82.3. The number of hydrogen-bond donors (Lipinski definition) is 15. The summed E-state index contributed by atoms with van der Waals surface area (Å²) in [4.78, 5) is 227. The van der Waals surface area contributed by atoms with Gasteiger partial charge in [-0.25, -0.2) is 19.2 Å². The number of fused-ring (bicyclic) bond motifs is 4. The number of hydrogen-bond acceptors (Lipinski definition) is 31. The summed E-state index contributed by atoms with van der Waals surface area (Å²) in [5.41, 5.74) is 7.49. The number of carbonyl (C=O) groups excluding carboxylic acids is 16. The summed E-state index contributed by atoms with van der Waals surface area (Å²) in [6, 6.07) is 27.5. The smallest absolute Gasteiger partial charge is 0.526 e. The van der Waals surface area contributed by atoms with Gasteiger partial charge in [-0.15, -0.1) is 0 Å². The van der Waals surface area contributed by atoms with Gasteiger partial charge in [0.2, 0.25) is 5.56 Å². The Hall–Kier alpha value is -16.1. The number of pyridine rings is 1. The van der Waals surface area contributed by atoms with Crippen LogP contribution in [0.5, 0.6) is 57.5 Å². The minimum Gasteiger partial charge on any atom is -0.536 e. The first-order chi connectivity index (χ1) is 70.5. The number of piperazine rings is 4. The van der Waals surface area contributed by atoms with Crippen molar-refractivity contribution in [2.45, 2.75) is 161 Å². The summed E-state index contributed by atoms with van der Waals surface area (Å²) in [5.74, 6) is -11.8. The van der Waals surface area contributed by atoms with Crippen LogP contribution >= 0.6 is 0 Å². The third-order valence-corrected chi connectivity index (χ3v) is 27.0. The average Bonchev–Trinajstić information content (AvgIpc) is 0.799. The van der Waals surface area contributed by atoms with E-state index in [9.17, 15) is 132 Å². The lowest BCUT2D eigenvalue weighted by atomic mass is 9.64. The fourth-order valence-electron chi connectivity index (χ4n) is 18.6. The molecule has 0 radical (unpaired) electrons. The third kappa shape index (κ3) is 25.2. The maximum atomic E-state index is 13.5.